The lowest BCUT2D eigenvalue weighted by atomic mass is 9.40. The maximum absolute atomic E-state index is 4.65. The fourth-order valence-electron chi connectivity index (χ4n) is 7.47. The molecule has 0 heteroatoms. The predicted molar refractivity (Wildman–Crippen MR) is 94.6 cm³/mol. The van der Waals surface area contributed by atoms with Gasteiger partial charge in [-0.1, -0.05) is 57.9 Å². The Hall–Kier alpha value is -0.520. The predicted octanol–water partition coefficient (Wildman–Crippen LogP) is 6.53. The van der Waals surface area contributed by atoms with Crippen LogP contribution in [-0.2, 0) is 0 Å². The van der Waals surface area contributed by atoms with Gasteiger partial charge in [-0.3, -0.25) is 0 Å². The van der Waals surface area contributed by atoms with Gasteiger partial charge in [-0.15, -0.1) is 0 Å². The quantitative estimate of drug-likeness (QED) is 0.446. The van der Waals surface area contributed by atoms with E-state index in [1.807, 2.05) is 0 Å². The average molecular weight is 299 g/mol. The number of allylic oxidation sites excluding steroid dienone is 2. The van der Waals surface area contributed by atoms with Gasteiger partial charge in [-0.2, -0.15) is 0 Å². The Morgan fingerprint density at radius 2 is 1.64 bits per heavy atom. The van der Waals surface area contributed by atoms with Gasteiger partial charge >= 0.3 is 0 Å². The molecule has 0 amide bonds. The zero-order valence-corrected chi connectivity index (χ0v) is 15.0. The Bertz CT molecular complexity index is 528. The van der Waals surface area contributed by atoms with Crippen LogP contribution in [0.25, 0.3) is 0 Å². The molecule has 4 saturated carbocycles. The summed E-state index contributed by atoms with van der Waals surface area (Å²) in [6, 6.07) is 0. The number of hydrogen-bond donors (Lipinski definition) is 0. The summed E-state index contributed by atoms with van der Waals surface area (Å²) >= 11 is 0. The topological polar surface area (TPSA) is 0 Å². The first-order valence-corrected chi connectivity index (χ1v) is 9.68. The molecule has 0 aromatic rings. The van der Waals surface area contributed by atoms with Crippen molar-refractivity contribution in [1.29, 1.82) is 0 Å². The maximum atomic E-state index is 4.65. The highest BCUT2D eigenvalue weighted by Gasteiger charge is 2.62. The van der Waals surface area contributed by atoms with Crippen molar-refractivity contribution >= 4 is 0 Å². The van der Waals surface area contributed by atoms with Crippen LogP contribution in [-0.4, -0.2) is 0 Å². The second-order valence-electron chi connectivity index (χ2n) is 9.86. The molecule has 0 spiro atoms. The van der Waals surface area contributed by atoms with Gasteiger partial charge in [0.1, 0.15) is 0 Å². The standard InChI is InChI=1S/C22H34/c1-15-14-20(3)11-6-7-12-22(20,5)18-10-13-21(4)16(2)8-9-17(21)19(15)18/h17-19H,1-2,6-14H2,3-5H3. The van der Waals surface area contributed by atoms with Gasteiger partial charge in [0.25, 0.3) is 0 Å². The highest BCUT2D eigenvalue weighted by atomic mass is 14.7. The molecule has 22 heavy (non-hydrogen) atoms. The van der Waals surface area contributed by atoms with Crippen LogP contribution in [0.3, 0.4) is 0 Å². The third kappa shape index (κ3) is 1.65. The Kier molecular flexibility index (Phi) is 3.09. The molecule has 4 rings (SSSR count). The molecule has 6 unspecified atom stereocenters. The van der Waals surface area contributed by atoms with Gasteiger partial charge in [-0.25, -0.2) is 0 Å². The average Bonchev–Trinajstić information content (AvgIpc) is 2.76. The first kappa shape index (κ1) is 15.0. The Morgan fingerprint density at radius 3 is 2.41 bits per heavy atom. The minimum Gasteiger partial charge on any atom is -0.0995 e. The third-order valence-electron chi connectivity index (χ3n) is 9.19. The summed E-state index contributed by atoms with van der Waals surface area (Å²) in [4.78, 5) is 0. The molecule has 4 fully saturated rings. The SMILES string of the molecule is C=C1CC2(C)CCCCC2(C)C2CCC3(C)C(=C)CCC3C12. The minimum absolute atomic E-state index is 0.420. The summed E-state index contributed by atoms with van der Waals surface area (Å²) in [7, 11) is 0. The van der Waals surface area contributed by atoms with E-state index in [1.54, 1.807) is 11.1 Å². The zero-order chi connectivity index (χ0) is 15.8. The lowest BCUT2D eigenvalue weighted by molar-refractivity contribution is -0.119. The van der Waals surface area contributed by atoms with Gasteiger partial charge in [0.05, 0.1) is 0 Å². The first-order chi connectivity index (χ1) is 10.3. The van der Waals surface area contributed by atoms with Crippen molar-refractivity contribution in [1.82, 2.24) is 0 Å². The van der Waals surface area contributed by atoms with E-state index < -0.39 is 0 Å². The van der Waals surface area contributed by atoms with Crippen molar-refractivity contribution in [2.45, 2.75) is 78.6 Å². The van der Waals surface area contributed by atoms with Crippen molar-refractivity contribution < 1.29 is 0 Å². The van der Waals surface area contributed by atoms with Crippen LogP contribution in [0.5, 0.6) is 0 Å². The van der Waals surface area contributed by atoms with Crippen LogP contribution in [0, 0.1) is 34.0 Å². The molecule has 122 valence electrons. The van der Waals surface area contributed by atoms with Crippen LogP contribution in [0.1, 0.15) is 78.6 Å². The van der Waals surface area contributed by atoms with Crippen molar-refractivity contribution in [3.63, 3.8) is 0 Å². The summed E-state index contributed by atoms with van der Waals surface area (Å²) in [6.45, 7) is 16.9. The fourth-order valence-corrected chi connectivity index (χ4v) is 7.47. The molecule has 6 atom stereocenters. The molecule has 0 heterocycles. The van der Waals surface area contributed by atoms with Gasteiger partial charge < -0.3 is 0 Å². The van der Waals surface area contributed by atoms with Crippen LogP contribution < -0.4 is 0 Å². The monoisotopic (exact) mass is 298 g/mol. The van der Waals surface area contributed by atoms with Crippen molar-refractivity contribution in [2.75, 3.05) is 0 Å². The van der Waals surface area contributed by atoms with E-state index >= 15 is 0 Å². The number of hydrogen-bond acceptors (Lipinski definition) is 0. The molecule has 0 radical (unpaired) electrons. The molecule has 0 bridgehead atoms. The fraction of sp³-hybridized carbons (Fsp3) is 0.818. The van der Waals surface area contributed by atoms with Crippen molar-refractivity contribution in [2.24, 2.45) is 34.0 Å². The lowest BCUT2D eigenvalue weighted by Crippen LogP contribution is -2.56. The molecular formula is C22H34. The molecule has 0 saturated heterocycles. The minimum atomic E-state index is 0.420. The van der Waals surface area contributed by atoms with E-state index in [9.17, 15) is 0 Å². The van der Waals surface area contributed by atoms with E-state index in [0.717, 1.165) is 17.8 Å². The Labute approximate surface area is 137 Å². The smallest absolute Gasteiger partial charge is 0.00848 e. The summed E-state index contributed by atoms with van der Waals surface area (Å²) < 4.78 is 0. The van der Waals surface area contributed by atoms with Gasteiger partial charge in [-0.05, 0) is 78.9 Å². The molecule has 0 aromatic carbocycles. The molecule has 4 aliphatic carbocycles. The Morgan fingerprint density at radius 1 is 0.909 bits per heavy atom. The highest BCUT2D eigenvalue weighted by molar-refractivity contribution is 5.28. The largest absolute Gasteiger partial charge is 0.0995 e. The van der Waals surface area contributed by atoms with E-state index in [2.05, 4.69) is 33.9 Å². The molecule has 0 aliphatic heterocycles. The number of fused-ring (bicyclic) bond motifs is 5. The van der Waals surface area contributed by atoms with Crippen LogP contribution in [0.15, 0.2) is 24.3 Å². The normalized spacial score (nSPS) is 54.6. The molecule has 4 aliphatic rings. The highest BCUT2D eigenvalue weighted by Crippen LogP contribution is 2.71. The summed E-state index contributed by atoms with van der Waals surface area (Å²) in [5.41, 5.74) is 4.65. The van der Waals surface area contributed by atoms with Crippen molar-refractivity contribution in [3.05, 3.63) is 24.3 Å². The molecule has 0 N–H and O–H groups in total. The number of rotatable bonds is 0. The van der Waals surface area contributed by atoms with E-state index in [1.165, 1.54) is 57.8 Å². The molecule has 0 nitrogen and oxygen atoms in total. The maximum Gasteiger partial charge on any atom is -0.00848 e. The lowest BCUT2D eigenvalue weighted by Gasteiger charge is -2.65. The first-order valence-electron chi connectivity index (χ1n) is 9.68. The molecule has 0 aromatic heterocycles. The van der Waals surface area contributed by atoms with E-state index in [4.69, 9.17) is 0 Å². The van der Waals surface area contributed by atoms with Crippen LogP contribution in [0.2, 0.25) is 0 Å². The van der Waals surface area contributed by atoms with E-state index in [0.29, 0.717) is 16.2 Å². The second kappa shape index (κ2) is 4.52. The third-order valence-corrected chi connectivity index (χ3v) is 9.19. The summed E-state index contributed by atoms with van der Waals surface area (Å²) in [5.74, 6) is 2.52. The van der Waals surface area contributed by atoms with Crippen LogP contribution >= 0.6 is 0 Å². The second-order valence-corrected chi connectivity index (χ2v) is 9.86. The summed E-state index contributed by atoms with van der Waals surface area (Å²) in [6.07, 6.45) is 12.5. The van der Waals surface area contributed by atoms with Crippen molar-refractivity contribution in [3.8, 4) is 0 Å². The zero-order valence-electron chi connectivity index (χ0n) is 15.0. The van der Waals surface area contributed by atoms with Gasteiger partial charge in [0.15, 0.2) is 0 Å². The molecular weight excluding hydrogens is 264 g/mol. The summed E-state index contributed by atoms with van der Waals surface area (Å²) in [5, 5.41) is 0. The Balaban J connectivity index is 1.76. The van der Waals surface area contributed by atoms with Gasteiger partial charge in [0, 0.05) is 0 Å². The van der Waals surface area contributed by atoms with Gasteiger partial charge in [0.2, 0.25) is 0 Å². The van der Waals surface area contributed by atoms with E-state index in [-0.39, 0.29) is 0 Å². The van der Waals surface area contributed by atoms with Crippen LogP contribution in [0.4, 0.5) is 0 Å².